The van der Waals surface area contributed by atoms with Crippen LogP contribution in [0.5, 0.6) is 11.5 Å². The molecule has 0 aliphatic heterocycles. The molecule has 0 saturated carbocycles. The first-order valence-corrected chi connectivity index (χ1v) is 11.2. The van der Waals surface area contributed by atoms with Gasteiger partial charge in [-0.1, -0.05) is 48.5 Å². The SMILES string of the molecule is O=C(O)c1cc(C(=O)CCCCC(=O)c2cc(C(=O)O)c(O)c3ccccc23)c2ccccc2c1O. The van der Waals surface area contributed by atoms with Gasteiger partial charge in [0.05, 0.1) is 0 Å². The highest BCUT2D eigenvalue weighted by atomic mass is 16.4. The Morgan fingerprint density at radius 1 is 0.528 bits per heavy atom. The topological polar surface area (TPSA) is 149 Å². The molecule has 4 N–H and O–H groups in total. The molecule has 0 fully saturated rings. The van der Waals surface area contributed by atoms with E-state index in [9.17, 15) is 39.6 Å². The summed E-state index contributed by atoms with van der Waals surface area (Å²) in [6.07, 6.45) is 0.781. The number of carboxylic acid groups (broad SMARTS) is 2. The van der Waals surface area contributed by atoms with Crippen molar-refractivity contribution >= 4 is 45.0 Å². The average Bonchev–Trinajstić information content (AvgIpc) is 2.86. The standard InChI is InChI=1S/C28H22O8/c29-23(19-13-21(27(33)34)25(31)17-9-3-1-7-15(17)19)11-5-6-12-24(30)20-14-22(28(35)36)26(32)18-10-4-2-8-16(18)20/h1-4,7-10,13-14,31-32H,5-6,11-12H2,(H,33,34)(H,35,36). The highest BCUT2D eigenvalue weighted by Crippen LogP contribution is 2.34. The largest absolute Gasteiger partial charge is 0.506 e. The van der Waals surface area contributed by atoms with Crippen molar-refractivity contribution in [1.82, 2.24) is 0 Å². The van der Waals surface area contributed by atoms with E-state index in [1.807, 2.05) is 0 Å². The molecule has 0 radical (unpaired) electrons. The minimum atomic E-state index is -1.35. The molecule has 8 heteroatoms. The summed E-state index contributed by atoms with van der Waals surface area (Å²) in [5, 5.41) is 40.8. The third-order valence-electron chi connectivity index (χ3n) is 6.15. The van der Waals surface area contributed by atoms with Gasteiger partial charge in [-0.05, 0) is 35.7 Å². The number of aromatic hydroxyl groups is 2. The average molecular weight is 486 g/mol. The number of carbonyl (C=O) groups excluding carboxylic acids is 2. The Kier molecular flexibility index (Phi) is 6.69. The van der Waals surface area contributed by atoms with Crippen molar-refractivity contribution in [1.29, 1.82) is 0 Å². The molecule has 0 bridgehead atoms. The second-order valence-electron chi connectivity index (χ2n) is 8.40. The lowest BCUT2D eigenvalue weighted by Gasteiger charge is -2.11. The van der Waals surface area contributed by atoms with Crippen LogP contribution in [-0.4, -0.2) is 43.9 Å². The number of hydrogen-bond donors (Lipinski definition) is 4. The molecule has 0 aromatic heterocycles. The Hall–Kier alpha value is -4.72. The van der Waals surface area contributed by atoms with Gasteiger partial charge in [0.2, 0.25) is 0 Å². The normalized spacial score (nSPS) is 11.0. The first-order chi connectivity index (χ1) is 17.2. The van der Waals surface area contributed by atoms with Crippen LogP contribution in [0.25, 0.3) is 21.5 Å². The molecule has 8 nitrogen and oxygen atoms in total. The summed E-state index contributed by atoms with van der Waals surface area (Å²) in [6.45, 7) is 0. The van der Waals surface area contributed by atoms with E-state index in [0.29, 0.717) is 23.6 Å². The summed E-state index contributed by atoms with van der Waals surface area (Å²) in [7, 11) is 0. The maximum Gasteiger partial charge on any atom is 0.339 e. The minimum absolute atomic E-state index is 0.0534. The number of Topliss-reactive ketones (excluding diaryl/α,β-unsaturated/α-hetero) is 2. The van der Waals surface area contributed by atoms with Gasteiger partial charge >= 0.3 is 11.9 Å². The summed E-state index contributed by atoms with van der Waals surface area (Å²) < 4.78 is 0. The lowest BCUT2D eigenvalue weighted by atomic mass is 9.93. The zero-order valence-electron chi connectivity index (χ0n) is 19.0. The molecule has 0 saturated heterocycles. The number of hydrogen-bond acceptors (Lipinski definition) is 6. The van der Waals surface area contributed by atoms with Gasteiger partial charge in [-0.3, -0.25) is 9.59 Å². The van der Waals surface area contributed by atoms with Gasteiger partial charge in [-0.15, -0.1) is 0 Å². The fourth-order valence-electron chi connectivity index (χ4n) is 4.35. The minimum Gasteiger partial charge on any atom is -0.506 e. The number of carboxylic acids is 2. The molecule has 0 amide bonds. The van der Waals surface area contributed by atoms with E-state index in [-0.39, 0.29) is 57.4 Å². The van der Waals surface area contributed by atoms with Crippen LogP contribution in [0.15, 0.2) is 60.7 Å². The molecule has 0 spiro atoms. The van der Waals surface area contributed by atoms with Gasteiger partial charge in [0, 0.05) is 34.7 Å². The van der Waals surface area contributed by atoms with Crippen molar-refractivity contribution in [2.75, 3.05) is 0 Å². The number of fused-ring (bicyclic) bond motifs is 2. The second kappa shape index (κ2) is 9.87. The van der Waals surface area contributed by atoms with Crippen molar-refractivity contribution in [3.8, 4) is 11.5 Å². The van der Waals surface area contributed by atoms with E-state index < -0.39 is 23.4 Å². The smallest absolute Gasteiger partial charge is 0.339 e. The predicted molar refractivity (Wildman–Crippen MR) is 132 cm³/mol. The summed E-state index contributed by atoms with van der Waals surface area (Å²) in [4.78, 5) is 48.9. The molecule has 0 heterocycles. The number of phenols is 2. The van der Waals surface area contributed by atoms with Gasteiger partial charge < -0.3 is 20.4 Å². The number of ketones is 2. The van der Waals surface area contributed by atoms with Gasteiger partial charge in [-0.25, -0.2) is 9.59 Å². The quantitative estimate of drug-likeness (QED) is 0.181. The molecule has 0 aliphatic carbocycles. The van der Waals surface area contributed by atoms with Crippen molar-refractivity contribution in [3.63, 3.8) is 0 Å². The number of aromatic carboxylic acids is 2. The number of unbranched alkanes of at least 4 members (excludes halogenated alkanes) is 1. The van der Waals surface area contributed by atoms with Gasteiger partial charge in [0.25, 0.3) is 0 Å². The lowest BCUT2D eigenvalue weighted by molar-refractivity contribution is 0.0682. The van der Waals surface area contributed by atoms with Crippen molar-refractivity contribution in [2.45, 2.75) is 25.7 Å². The Labute approximate surface area is 205 Å². The molecular weight excluding hydrogens is 464 g/mol. The van der Waals surface area contributed by atoms with Crippen molar-refractivity contribution < 1.29 is 39.6 Å². The van der Waals surface area contributed by atoms with E-state index in [1.165, 1.54) is 12.1 Å². The van der Waals surface area contributed by atoms with Crippen LogP contribution in [-0.2, 0) is 0 Å². The van der Waals surface area contributed by atoms with Crippen LogP contribution in [0, 0.1) is 0 Å². The first-order valence-electron chi connectivity index (χ1n) is 11.2. The van der Waals surface area contributed by atoms with E-state index in [1.54, 1.807) is 48.5 Å². The Morgan fingerprint density at radius 2 is 0.861 bits per heavy atom. The molecule has 4 aromatic rings. The van der Waals surface area contributed by atoms with Crippen LogP contribution in [0.2, 0.25) is 0 Å². The van der Waals surface area contributed by atoms with E-state index in [2.05, 4.69) is 0 Å². The highest BCUT2D eigenvalue weighted by molar-refractivity contribution is 6.14. The molecule has 0 unspecified atom stereocenters. The van der Waals surface area contributed by atoms with E-state index >= 15 is 0 Å². The summed E-state index contributed by atoms with van der Waals surface area (Å²) in [5.74, 6) is -4.13. The zero-order chi connectivity index (χ0) is 26.0. The predicted octanol–water partition coefficient (Wildman–Crippen LogP) is 5.43. The summed E-state index contributed by atoms with van der Waals surface area (Å²) in [6, 6.07) is 15.3. The van der Waals surface area contributed by atoms with E-state index in [0.717, 1.165) is 0 Å². The Bertz CT molecular complexity index is 1430. The monoisotopic (exact) mass is 486 g/mol. The fraction of sp³-hybridized carbons (Fsp3) is 0.143. The van der Waals surface area contributed by atoms with Crippen LogP contribution < -0.4 is 0 Å². The summed E-state index contributed by atoms with van der Waals surface area (Å²) >= 11 is 0. The zero-order valence-corrected chi connectivity index (χ0v) is 19.0. The van der Waals surface area contributed by atoms with Crippen molar-refractivity contribution in [3.05, 3.63) is 82.9 Å². The van der Waals surface area contributed by atoms with Gasteiger partial charge in [-0.2, -0.15) is 0 Å². The number of rotatable bonds is 9. The Morgan fingerprint density at radius 3 is 1.19 bits per heavy atom. The number of carbonyl (C=O) groups is 4. The van der Waals surface area contributed by atoms with Gasteiger partial charge in [0.15, 0.2) is 11.6 Å². The molecule has 36 heavy (non-hydrogen) atoms. The van der Waals surface area contributed by atoms with E-state index in [4.69, 9.17) is 0 Å². The highest BCUT2D eigenvalue weighted by Gasteiger charge is 2.21. The molecule has 4 rings (SSSR count). The third kappa shape index (κ3) is 4.48. The maximum absolute atomic E-state index is 12.9. The molecule has 182 valence electrons. The van der Waals surface area contributed by atoms with Crippen LogP contribution >= 0.6 is 0 Å². The van der Waals surface area contributed by atoms with Crippen LogP contribution in [0.4, 0.5) is 0 Å². The van der Waals surface area contributed by atoms with Gasteiger partial charge in [0.1, 0.15) is 22.6 Å². The summed E-state index contributed by atoms with van der Waals surface area (Å²) in [5.41, 5.74) is -0.355. The maximum atomic E-state index is 12.9. The molecule has 4 aromatic carbocycles. The molecular formula is C28H22O8. The fourth-order valence-corrected chi connectivity index (χ4v) is 4.35. The lowest BCUT2D eigenvalue weighted by Crippen LogP contribution is -2.07. The third-order valence-corrected chi connectivity index (χ3v) is 6.15. The van der Waals surface area contributed by atoms with Crippen molar-refractivity contribution in [2.24, 2.45) is 0 Å². The van der Waals surface area contributed by atoms with Crippen LogP contribution in [0.3, 0.4) is 0 Å². The van der Waals surface area contributed by atoms with Crippen LogP contribution in [0.1, 0.15) is 67.1 Å². The number of benzene rings is 4. The molecule has 0 atom stereocenters. The Balaban J connectivity index is 1.50. The second-order valence-corrected chi connectivity index (χ2v) is 8.40. The molecule has 0 aliphatic rings. The first kappa shape index (κ1) is 24.4.